The summed E-state index contributed by atoms with van der Waals surface area (Å²) in [5.74, 6) is 0. The van der Waals surface area contributed by atoms with E-state index in [4.69, 9.17) is 0 Å². The molecular weight excluding hydrogens is 192 g/mol. The largest absolute Gasteiger partial charge is 0.0958 e. The van der Waals surface area contributed by atoms with Crippen molar-refractivity contribution >= 4 is 0 Å². The van der Waals surface area contributed by atoms with Crippen molar-refractivity contribution in [1.82, 2.24) is 0 Å². The molecule has 0 aromatic carbocycles. The van der Waals surface area contributed by atoms with Gasteiger partial charge in [0.1, 0.15) is 0 Å². The zero-order chi connectivity index (χ0) is 13.1. The maximum atomic E-state index is 4.06. The van der Waals surface area contributed by atoms with E-state index in [-0.39, 0.29) is 0 Å². The summed E-state index contributed by atoms with van der Waals surface area (Å²) < 4.78 is 0. The normalized spacial score (nSPS) is 11.1. The Kier molecular flexibility index (Phi) is 11.8. The molecule has 0 saturated heterocycles. The second-order valence-corrected chi connectivity index (χ2v) is 4.02. The zero-order valence-electron chi connectivity index (χ0n) is 12.2. The van der Waals surface area contributed by atoms with Crippen molar-refractivity contribution in [3.8, 4) is 0 Å². The van der Waals surface area contributed by atoms with Gasteiger partial charge >= 0.3 is 0 Å². The quantitative estimate of drug-likeness (QED) is 0.479. The molecule has 0 heterocycles. The summed E-state index contributed by atoms with van der Waals surface area (Å²) in [7, 11) is 0. The predicted octanol–water partition coefficient (Wildman–Crippen LogP) is 6.06. The van der Waals surface area contributed by atoms with E-state index < -0.39 is 0 Å². The first kappa shape index (κ1) is 17.6. The highest BCUT2D eigenvalue weighted by Gasteiger charge is 2.06. The van der Waals surface area contributed by atoms with E-state index in [1.54, 1.807) is 0 Å². The first-order valence-electron chi connectivity index (χ1n) is 6.58. The van der Waals surface area contributed by atoms with Crippen molar-refractivity contribution in [2.45, 2.75) is 67.2 Å². The van der Waals surface area contributed by atoms with Gasteiger partial charge in [0.15, 0.2) is 0 Å². The van der Waals surface area contributed by atoms with Crippen LogP contribution in [0.3, 0.4) is 0 Å². The second kappa shape index (κ2) is 10.7. The Balaban J connectivity index is 0. The average Bonchev–Trinajstić information content (AvgIpc) is 2.25. The number of allylic oxidation sites excluding steroid dienone is 4. The van der Waals surface area contributed by atoms with Crippen LogP contribution in [0.1, 0.15) is 67.2 Å². The molecule has 0 saturated carbocycles. The van der Waals surface area contributed by atoms with E-state index in [1.165, 1.54) is 35.1 Å². The molecule has 0 fully saturated rings. The average molecular weight is 222 g/mol. The van der Waals surface area contributed by atoms with Crippen LogP contribution in [0.4, 0.5) is 0 Å². The molecule has 0 atom stereocenters. The maximum absolute atomic E-state index is 4.06. The van der Waals surface area contributed by atoms with Crippen LogP contribution >= 0.6 is 0 Å². The molecule has 0 heteroatoms. The summed E-state index contributed by atoms with van der Waals surface area (Å²) in [6, 6.07) is 0. The number of hydrogen-bond donors (Lipinski definition) is 0. The van der Waals surface area contributed by atoms with E-state index in [2.05, 4.69) is 40.9 Å². The Morgan fingerprint density at radius 3 is 1.12 bits per heavy atom. The van der Waals surface area contributed by atoms with Crippen molar-refractivity contribution in [3.63, 3.8) is 0 Å². The van der Waals surface area contributed by atoms with Crippen LogP contribution in [0, 0.1) is 0 Å². The van der Waals surface area contributed by atoms with Crippen molar-refractivity contribution < 1.29 is 0 Å². The molecule has 0 amide bonds. The minimum Gasteiger partial charge on any atom is -0.0958 e. The third-order valence-electron chi connectivity index (χ3n) is 2.39. The molecule has 0 aliphatic heterocycles. The first-order valence-corrected chi connectivity index (χ1v) is 6.58. The van der Waals surface area contributed by atoms with Crippen LogP contribution in [0.25, 0.3) is 0 Å². The highest BCUT2D eigenvalue weighted by molar-refractivity contribution is 5.41. The minimum atomic E-state index is 1.14. The molecule has 0 aliphatic carbocycles. The highest BCUT2D eigenvalue weighted by Crippen LogP contribution is 2.26. The lowest BCUT2D eigenvalue weighted by Crippen LogP contribution is -1.95. The van der Waals surface area contributed by atoms with E-state index in [0.29, 0.717) is 0 Å². The maximum Gasteiger partial charge on any atom is -0.0276 e. The van der Waals surface area contributed by atoms with Gasteiger partial charge in [0.25, 0.3) is 0 Å². The molecule has 0 aromatic rings. The Labute approximate surface area is 103 Å². The van der Waals surface area contributed by atoms with Crippen molar-refractivity contribution in [2.24, 2.45) is 0 Å². The van der Waals surface area contributed by atoms with Gasteiger partial charge in [-0.05, 0) is 37.8 Å². The summed E-state index contributed by atoms with van der Waals surface area (Å²) in [4.78, 5) is 0. The molecule has 94 valence electrons. The molecule has 0 N–H and O–H groups in total. The van der Waals surface area contributed by atoms with Gasteiger partial charge in [-0.25, -0.2) is 0 Å². The molecule has 0 spiro atoms. The Bertz CT molecular complexity index is 215. The lowest BCUT2D eigenvalue weighted by Gasteiger charge is -2.14. The van der Waals surface area contributed by atoms with Crippen molar-refractivity contribution in [3.05, 3.63) is 35.5 Å². The van der Waals surface area contributed by atoms with Crippen LogP contribution in [-0.2, 0) is 0 Å². The molecule has 0 radical (unpaired) electrons. The highest BCUT2D eigenvalue weighted by atomic mass is 14.1. The Hall–Kier alpha value is -0.780. The van der Waals surface area contributed by atoms with Gasteiger partial charge in [0.2, 0.25) is 0 Å². The predicted molar refractivity (Wildman–Crippen MR) is 77.8 cm³/mol. The number of hydrogen-bond acceptors (Lipinski definition) is 0. The van der Waals surface area contributed by atoms with Gasteiger partial charge < -0.3 is 0 Å². The van der Waals surface area contributed by atoms with E-state index in [0.717, 1.165) is 12.8 Å². The standard InChI is InChI=1S/C14H24.C2H6/c1-7-9-13(11(3)4)14(10-8-2)12(5)6;1-2/h3,5,7-10H2,1-2,4,6H3;1-2H3/b14-13-;. The smallest absolute Gasteiger partial charge is 0.0276 e. The first-order chi connectivity index (χ1) is 7.54. The summed E-state index contributed by atoms with van der Waals surface area (Å²) in [5.41, 5.74) is 5.28. The summed E-state index contributed by atoms with van der Waals surface area (Å²) in [5, 5.41) is 0. The van der Waals surface area contributed by atoms with Gasteiger partial charge in [-0.1, -0.05) is 64.8 Å². The van der Waals surface area contributed by atoms with Crippen LogP contribution in [0.5, 0.6) is 0 Å². The Morgan fingerprint density at radius 2 is 1.00 bits per heavy atom. The second-order valence-electron chi connectivity index (χ2n) is 4.02. The van der Waals surface area contributed by atoms with E-state index in [9.17, 15) is 0 Å². The lowest BCUT2D eigenvalue weighted by atomic mass is 9.91. The molecule has 0 nitrogen and oxygen atoms in total. The van der Waals surface area contributed by atoms with Gasteiger partial charge in [0.05, 0.1) is 0 Å². The summed E-state index contributed by atoms with van der Waals surface area (Å²) >= 11 is 0. The van der Waals surface area contributed by atoms with Gasteiger partial charge in [-0.15, -0.1) is 0 Å². The number of rotatable bonds is 6. The van der Waals surface area contributed by atoms with Crippen LogP contribution < -0.4 is 0 Å². The Morgan fingerprint density at radius 1 is 0.750 bits per heavy atom. The molecule has 0 rings (SSSR count). The van der Waals surface area contributed by atoms with Crippen LogP contribution in [0.15, 0.2) is 35.5 Å². The molecule has 0 aromatic heterocycles. The lowest BCUT2D eigenvalue weighted by molar-refractivity contribution is 0.849. The fourth-order valence-electron chi connectivity index (χ4n) is 1.74. The fraction of sp³-hybridized carbons (Fsp3) is 0.625. The van der Waals surface area contributed by atoms with Gasteiger partial charge in [-0.3, -0.25) is 0 Å². The van der Waals surface area contributed by atoms with E-state index in [1.807, 2.05) is 13.8 Å². The minimum absolute atomic E-state index is 1.14. The summed E-state index contributed by atoms with van der Waals surface area (Å²) in [6.07, 6.45) is 4.64. The molecule has 0 unspecified atom stereocenters. The molecule has 0 bridgehead atoms. The SMILES string of the molecule is C=C(C)/C(CCC)=C(/CCC)C(=C)C.CC. The third-order valence-corrected chi connectivity index (χ3v) is 2.39. The van der Waals surface area contributed by atoms with Crippen molar-refractivity contribution in [1.29, 1.82) is 0 Å². The van der Waals surface area contributed by atoms with E-state index >= 15 is 0 Å². The van der Waals surface area contributed by atoms with Crippen LogP contribution in [0.2, 0.25) is 0 Å². The fourth-order valence-corrected chi connectivity index (χ4v) is 1.74. The molecule has 0 aliphatic rings. The third kappa shape index (κ3) is 6.66. The molecular formula is C16H30. The summed E-state index contributed by atoms with van der Waals surface area (Å²) in [6.45, 7) is 20.7. The topological polar surface area (TPSA) is 0 Å². The monoisotopic (exact) mass is 222 g/mol. The molecule has 16 heavy (non-hydrogen) atoms. The van der Waals surface area contributed by atoms with Crippen LogP contribution in [-0.4, -0.2) is 0 Å². The zero-order valence-corrected chi connectivity index (χ0v) is 12.2. The van der Waals surface area contributed by atoms with Gasteiger partial charge in [0, 0.05) is 0 Å². The van der Waals surface area contributed by atoms with Crippen molar-refractivity contribution in [2.75, 3.05) is 0 Å². The van der Waals surface area contributed by atoms with Gasteiger partial charge in [-0.2, -0.15) is 0 Å².